The van der Waals surface area contributed by atoms with Gasteiger partial charge in [-0.3, -0.25) is 14.5 Å². The third-order valence-corrected chi connectivity index (χ3v) is 6.45. The van der Waals surface area contributed by atoms with Crippen LogP contribution < -0.4 is 9.64 Å². The average Bonchev–Trinajstić information content (AvgIpc) is 3.57. The molecule has 37 heavy (non-hydrogen) atoms. The second-order valence-corrected chi connectivity index (χ2v) is 8.92. The summed E-state index contributed by atoms with van der Waals surface area (Å²) in [5.41, 5.74) is 1.72. The first-order valence-corrected chi connectivity index (χ1v) is 11.6. The normalized spacial score (nSPS) is 15.8. The Hall–Kier alpha value is -4.76. The number of aliphatic hydroxyl groups excluding tert-OH is 1. The average molecular weight is 516 g/mol. The largest absolute Gasteiger partial charge is 0.508 e. The highest BCUT2D eigenvalue weighted by atomic mass is 35.5. The van der Waals surface area contributed by atoms with Crippen LogP contribution in [0.3, 0.4) is 0 Å². The van der Waals surface area contributed by atoms with Crippen molar-refractivity contribution in [2.24, 2.45) is 0 Å². The summed E-state index contributed by atoms with van der Waals surface area (Å²) in [6, 6.07) is 16.8. The highest BCUT2D eigenvalue weighted by molar-refractivity contribution is 6.31. The van der Waals surface area contributed by atoms with E-state index in [1.807, 2.05) is 6.07 Å². The fourth-order valence-corrected chi connectivity index (χ4v) is 4.82. The van der Waals surface area contributed by atoms with Gasteiger partial charge >= 0.3 is 0 Å². The summed E-state index contributed by atoms with van der Waals surface area (Å²) in [4.78, 5) is 36.0. The summed E-state index contributed by atoms with van der Waals surface area (Å²) in [6.45, 7) is 0. The van der Waals surface area contributed by atoms with Gasteiger partial charge in [-0.2, -0.15) is 0 Å². The van der Waals surface area contributed by atoms with Crippen LogP contribution in [0.1, 0.15) is 22.2 Å². The van der Waals surface area contributed by atoms with Crippen LogP contribution in [-0.4, -0.2) is 39.0 Å². The van der Waals surface area contributed by atoms with Gasteiger partial charge in [-0.1, -0.05) is 35.9 Å². The zero-order chi connectivity index (χ0) is 25.8. The number of nitrogens with zero attached hydrogens (tertiary/aromatic N) is 2. The van der Waals surface area contributed by atoms with E-state index in [9.17, 15) is 19.8 Å². The number of nitrogens with one attached hydrogen (secondary N) is 1. The number of imidazole rings is 1. The molecule has 6 rings (SSSR count). The maximum Gasteiger partial charge on any atom is 0.296 e. The van der Waals surface area contributed by atoms with Crippen molar-refractivity contribution in [1.29, 1.82) is 0 Å². The van der Waals surface area contributed by atoms with Crippen molar-refractivity contribution in [1.82, 2.24) is 9.97 Å². The monoisotopic (exact) mass is 515 g/mol. The Morgan fingerprint density at radius 2 is 1.92 bits per heavy atom. The molecule has 1 amide bonds. The first-order chi connectivity index (χ1) is 17.9. The first-order valence-electron chi connectivity index (χ1n) is 11.2. The number of fused-ring (bicyclic) bond motifs is 2. The lowest BCUT2D eigenvalue weighted by Gasteiger charge is -2.24. The van der Waals surface area contributed by atoms with Crippen molar-refractivity contribution in [2.75, 3.05) is 12.0 Å². The van der Waals surface area contributed by atoms with Crippen molar-refractivity contribution in [3.05, 3.63) is 94.4 Å². The van der Waals surface area contributed by atoms with Crippen molar-refractivity contribution < 1.29 is 29.0 Å². The fraction of sp³-hybridized carbons (Fsp3) is 0.0741. The number of halogens is 1. The maximum absolute atomic E-state index is 13.8. The number of benzene rings is 3. The summed E-state index contributed by atoms with van der Waals surface area (Å²) < 4.78 is 11.1. The van der Waals surface area contributed by atoms with Gasteiger partial charge in [0.05, 0.1) is 29.8 Å². The van der Waals surface area contributed by atoms with Crippen molar-refractivity contribution in [2.45, 2.75) is 6.04 Å². The molecule has 5 aromatic rings. The van der Waals surface area contributed by atoms with Gasteiger partial charge in [0.25, 0.3) is 5.91 Å². The molecule has 184 valence electrons. The summed E-state index contributed by atoms with van der Waals surface area (Å²) in [7, 11) is 1.45. The van der Waals surface area contributed by atoms with Gasteiger partial charge < -0.3 is 24.4 Å². The Labute approximate surface area is 214 Å². The molecule has 10 heteroatoms. The number of ether oxygens (including phenoxy) is 1. The Morgan fingerprint density at radius 3 is 2.68 bits per heavy atom. The number of anilines is 1. The lowest BCUT2D eigenvalue weighted by atomic mass is 9.95. The van der Waals surface area contributed by atoms with Crippen LogP contribution in [0.2, 0.25) is 5.02 Å². The molecule has 3 heterocycles. The molecule has 3 N–H and O–H groups in total. The zero-order valence-corrected chi connectivity index (χ0v) is 20.0. The van der Waals surface area contributed by atoms with Gasteiger partial charge in [-0.25, -0.2) is 4.98 Å². The van der Waals surface area contributed by atoms with Gasteiger partial charge in [0.15, 0.2) is 22.9 Å². The molecule has 9 nitrogen and oxygen atoms in total. The number of carbonyl (C=O) groups is 2. The van der Waals surface area contributed by atoms with Crippen LogP contribution in [0.15, 0.2) is 82.5 Å². The smallest absolute Gasteiger partial charge is 0.296 e. The van der Waals surface area contributed by atoms with Crippen molar-refractivity contribution >= 4 is 51.2 Å². The van der Waals surface area contributed by atoms with E-state index in [1.54, 1.807) is 42.5 Å². The second kappa shape index (κ2) is 8.42. The number of aromatic amines is 1. The van der Waals surface area contributed by atoms with Crippen LogP contribution in [0.25, 0.3) is 22.0 Å². The number of rotatable bonds is 5. The van der Waals surface area contributed by atoms with E-state index >= 15 is 0 Å². The number of phenols is 1. The molecular formula is C27H18ClN3O6. The summed E-state index contributed by atoms with van der Waals surface area (Å²) in [6.07, 6.45) is 0. The number of aliphatic hydroxyl groups is 1. The number of phenolic OH excluding ortho intramolecular Hbond substituents is 1. The van der Waals surface area contributed by atoms with E-state index in [2.05, 4.69) is 9.97 Å². The molecule has 1 aliphatic heterocycles. The number of hydrogen-bond acceptors (Lipinski definition) is 7. The maximum atomic E-state index is 13.8. The molecule has 1 unspecified atom stereocenters. The minimum Gasteiger partial charge on any atom is -0.508 e. The van der Waals surface area contributed by atoms with Gasteiger partial charge in [-0.15, -0.1) is 0 Å². The van der Waals surface area contributed by atoms with Gasteiger partial charge in [0, 0.05) is 16.5 Å². The highest BCUT2D eigenvalue weighted by Gasteiger charge is 2.46. The van der Waals surface area contributed by atoms with E-state index < -0.39 is 23.5 Å². The Kier molecular flexibility index (Phi) is 5.16. The predicted octanol–water partition coefficient (Wildman–Crippen LogP) is 5.46. The lowest BCUT2D eigenvalue weighted by Crippen LogP contribution is -2.32. The molecule has 1 aliphatic rings. The third kappa shape index (κ3) is 3.59. The SMILES string of the molecule is COc1cc(Cl)cc2cc(C(=O)C3=C(O)C(=O)N(c4nc5ccccc5[nH]4)C3c3cccc(O)c3)oc12. The molecule has 2 aromatic heterocycles. The molecular weight excluding hydrogens is 498 g/mol. The van der Waals surface area contributed by atoms with E-state index in [-0.39, 0.29) is 23.0 Å². The van der Waals surface area contributed by atoms with Crippen molar-refractivity contribution in [3.63, 3.8) is 0 Å². The molecule has 0 spiro atoms. The number of amides is 1. The number of H-pyrrole nitrogens is 1. The Morgan fingerprint density at radius 1 is 1.11 bits per heavy atom. The minimum absolute atomic E-state index is 0.0733. The quantitative estimate of drug-likeness (QED) is 0.265. The van der Waals surface area contributed by atoms with Crippen LogP contribution in [0.5, 0.6) is 11.5 Å². The number of para-hydroxylation sites is 2. The molecule has 1 atom stereocenters. The van der Waals surface area contributed by atoms with E-state index in [1.165, 1.54) is 30.2 Å². The second-order valence-electron chi connectivity index (χ2n) is 8.48. The molecule has 3 aromatic carbocycles. The van der Waals surface area contributed by atoms with Gasteiger partial charge in [-0.05, 0) is 42.0 Å². The van der Waals surface area contributed by atoms with Crippen LogP contribution in [0.4, 0.5) is 5.95 Å². The van der Waals surface area contributed by atoms with Crippen LogP contribution in [0, 0.1) is 0 Å². The Balaban J connectivity index is 1.52. The van der Waals surface area contributed by atoms with Gasteiger partial charge in [0.2, 0.25) is 11.7 Å². The highest BCUT2D eigenvalue weighted by Crippen LogP contribution is 2.43. The summed E-state index contributed by atoms with van der Waals surface area (Å²) in [5.74, 6) is -2.02. The topological polar surface area (TPSA) is 129 Å². The molecule has 0 saturated heterocycles. The van der Waals surface area contributed by atoms with Crippen LogP contribution >= 0.6 is 11.6 Å². The number of methoxy groups -OCH3 is 1. The molecule has 0 saturated carbocycles. The number of hydrogen-bond donors (Lipinski definition) is 3. The van der Waals surface area contributed by atoms with E-state index in [0.717, 1.165) is 0 Å². The van der Waals surface area contributed by atoms with Crippen LogP contribution in [-0.2, 0) is 4.79 Å². The number of aromatic hydroxyl groups is 1. The number of carbonyl (C=O) groups excluding carboxylic acids is 2. The summed E-state index contributed by atoms with van der Waals surface area (Å²) >= 11 is 6.16. The fourth-order valence-electron chi connectivity index (χ4n) is 4.60. The van der Waals surface area contributed by atoms with Gasteiger partial charge in [0.1, 0.15) is 5.75 Å². The standard InChI is InChI=1S/C27H18ClN3O6/c1-36-20-12-15(28)9-14-11-19(37-25(14)20)23(33)21-22(13-5-4-6-16(32)10-13)31(26(35)24(21)34)27-29-17-7-2-3-8-18(17)30-27/h2-12,22,32,34H,1H3,(H,29,30). The molecule has 0 radical (unpaired) electrons. The van der Waals surface area contributed by atoms with E-state index in [4.69, 9.17) is 20.8 Å². The molecule has 0 bridgehead atoms. The minimum atomic E-state index is -1.11. The Bertz CT molecular complexity index is 1740. The molecule has 0 aliphatic carbocycles. The summed E-state index contributed by atoms with van der Waals surface area (Å²) in [5, 5.41) is 22.1. The first kappa shape index (κ1) is 22.7. The zero-order valence-electron chi connectivity index (χ0n) is 19.2. The molecule has 0 fully saturated rings. The number of Topliss-reactive ketones (excluding diaryl/α,β-unsaturated/α-hetero) is 1. The third-order valence-electron chi connectivity index (χ3n) is 6.23. The lowest BCUT2D eigenvalue weighted by molar-refractivity contribution is -0.117. The van der Waals surface area contributed by atoms with Crippen molar-refractivity contribution in [3.8, 4) is 11.5 Å². The number of aromatic nitrogens is 2. The predicted molar refractivity (Wildman–Crippen MR) is 136 cm³/mol. The van der Waals surface area contributed by atoms with E-state index in [0.29, 0.717) is 38.3 Å². The number of furan rings is 1. The number of ketones is 1.